The third-order valence-corrected chi connectivity index (χ3v) is 4.03. The van der Waals surface area contributed by atoms with E-state index < -0.39 is 11.7 Å². The van der Waals surface area contributed by atoms with Gasteiger partial charge < -0.3 is 9.64 Å². The number of hydrogen-bond acceptors (Lipinski definition) is 3. The average Bonchev–Trinajstić information content (AvgIpc) is 2.88. The van der Waals surface area contributed by atoms with Crippen molar-refractivity contribution in [2.45, 2.75) is 26.3 Å². The van der Waals surface area contributed by atoms with Gasteiger partial charge in [0.25, 0.3) is 0 Å². The Bertz CT molecular complexity index is 916. The molecule has 7 heteroatoms. The number of nitrogens with zero attached hydrogens (tertiary/aromatic N) is 3. The fourth-order valence-corrected chi connectivity index (χ4v) is 2.81. The first-order valence-electron chi connectivity index (χ1n) is 8.16. The van der Waals surface area contributed by atoms with Gasteiger partial charge in [-0.3, -0.25) is 4.40 Å². The van der Waals surface area contributed by atoms with Crippen molar-refractivity contribution in [1.82, 2.24) is 14.3 Å². The van der Waals surface area contributed by atoms with Crippen LogP contribution >= 0.6 is 0 Å². The Morgan fingerprint density at radius 2 is 1.92 bits per heavy atom. The Morgan fingerprint density at radius 3 is 2.62 bits per heavy atom. The molecule has 4 nitrogen and oxygen atoms in total. The fourth-order valence-electron chi connectivity index (χ4n) is 2.81. The lowest BCUT2D eigenvalue weighted by molar-refractivity contribution is -0.137. The van der Waals surface area contributed by atoms with E-state index in [9.17, 15) is 13.2 Å². The van der Waals surface area contributed by atoms with Gasteiger partial charge in [0, 0.05) is 12.7 Å². The second kappa shape index (κ2) is 6.99. The Labute approximate surface area is 149 Å². The standard InChI is InChI=1S/C19H20F3N3O/c1-13-16(11-24(2)3)25-9-5-8-17(18(25)23-13)26-12-14-6-4-7-15(10-14)19(20,21)22/h4-10H,11-12H2,1-3H3. The first kappa shape index (κ1) is 18.3. The predicted molar refractivity (Wildman–Crippen MR) is 93.1 cm³/mol. The maximum Gasteiger partial charge on any atom is 0.416 e. The van der Waals surface area contributed by atoms with Gasteiger partial charge in [-0.15, -0.1) is 0 Å². The number of aromatic nitrogens is 2. The Morgan fingerprint density at radius 1 is 1.15 bits per heavy atom. The fraction of sp³-hybridized carbons (Fsp3) is 0.316. The molecule has 0 aliphatic rings. The van der Waals surface area contributed by atoms with Gasteiger partial charge in [-0.1, -0.05) is 12.1 Å². The molecular weight excluding hydrogens is 343 g/mol. The third-order valence-electron chi connectivity index (χ3n) is 4.03. The molecule has 138 valence electrons. The maximum absolute atomic E-state index is 12.8. The molecule has 0 spiro atoms. The molecule has 26 heavy (non-hydrogen) atoms. The summed E-state index contributed by atoms with van der Waals surface area (Å²) in [6.07, 6.45) is -2.46. The number of fused-ring (bicyclic) bond motifs is 1. The quantitative estimate of drug-likeness (QED) is 0.677. The predicted octanol–water partition coefficient (Wildman–Crippen LogP) is 4.30. The van der Waals surface area contributed by atoms with Crippen molar-refractivity contribution < 1.29 is 17.9 Å². The van der Waals surface area contributed by atoms with Crippen molar-refractivity contribution in [3.05, 3.63) is 65.1 Å². The van der Waals surface area contributed by atoms with Crippen LogP contribution in [0, 0.1) is 6.92 Å². The molecule has 0 aliphatic heterocycles. The highest BCUT2D eigenvalue weighted by molar-refractivity contribution is 5.56. The first-order valence-corrected chi connectivity index (χ1v) is 8.16. The van der Waals surface area contributed by atoms with E-state index in [2.05, 4.69) is 4.98 Å². The molecule has 3 aromatic rings. The number of rotatable bonds is 5. The first-order chi connectivity index (χ1) is 12.3. The van der Waals surface area contributed by atoms with Crippen LogP contribution in [0.25, 0.3) is 5.65 Å². The lowest BCUT2D eigenvalue weighted by atomic mass is 10.1. The van der Waals surface area contributed by atoms with E-state index in [1.54, 1.807) is 12.1 Å². The molecule has 2 heterocycles. The summed E-state index contributed by atoms with van der Waals surface area (Å²) in [5, 5.41) is 0. The molecule has 0 N–H and O–H groups in total. The minimum atomic E-state index is -4.36. The molecule has 0 saturated heterocycles. The van der Waals surface area contributed by atoms with E-state index in [-0.39, 0.29) is 6.61 Å². The molecule has 3 rings (SSSR count). The van der Waals surface area contributed by atoms with Crippen molar-refractivity contribution in [3.8, 4) is 5.75 Å². The summed E-state index contributed by atoms with van der Waals surface area (Å²) < 4.78 is 46.2. The summed E-state index contributed by atoms with van der Waals surface area (Å²) in [6, 6.07) is 8.77. The highest BCUT2D eigenvalue weighted by atomic mass is 19.4. The van der Waals surface area contributed by atoms with Gasteiger partial charge in [0.15, 0.2) is 11.4 Å². The third kappa shape index (κ3) is 3.83. The number of imidazole rings is 1. The zero-order valence-electron chi connectivity index (χ0n) is 14.8. The number of alkyl halides is 3. The number of hydrogen-bond donors (Lipinski definition) is 0. The van der Waals surface area contributed by atoms with Crippen molar-refractivity contribution in [1.29, 1.82) is 0 Å². The number of aryl methyl sites for hydroxylation is 1. The van der Waals surface area contributed by atoms with E-state index in [1.165, 1.54) is 6.07 Å². The zero-order valence-corrected chi connectivity index (χ0v) is 14.8. The number of halogens is 3. The monoisotopic (exact) mass is 363 g/mol. The second-order valence-electron chi connectivity index (χ2n) is 6.43. The number of benzene rings is 1. The topological polar surface area (TPSA) is 29.8 Å². The van der Waals surface area contributed by atoms with Crippen LogP contribution in [0.5, 0.6) is 5.75 Å². The molecule has 2 aromatic heterocycles. The Hall–Kier alpha value is -2.54. The minimum Gasteiger partial charge on any atom is -0.485 e. The van der Waals surface area contributed by atoms with Crippen LogP contribution in [-0.2, 0) is 19.3 Å². The molecular formula is C19H20F3N3O. The molecule has 0 amide bonds. The van der Waals surface area contributed by atoms with Gasteiger partial charge in [0.05, 0.1) is 17.0 Å². The molecule has 0 saturated carbocycles. The molecule has 0 atom stereocenters. The van der Waals surface area contributed by atoms with Crippen LogP contribution < -0.4 is 4.74 Å². The summed E-state index contributed by atoms with van der Waals surface area (Å²) in [5.74, 6) is 0.540. The Kier molecular flexibility index (Phi) is 4.91. The summed E-state index contributed by atoms with van der Waals surface area (Å²) in [6.45, 7) is 2.70. The average molecular weight is 363 g/mol. The molecule has 0 aliphatic carbocycles. The van der Waals surface area contributed by atoms with Gasteiger partial charge in [-0.25, -0.2) is 4.98 Å². The van der Waals surface area contributed by atoms with Crippen molar-refractivity contribution >= 4 is 5.65 Å². The minimum absolute atomic E-state index is 0.0402. The largest absolute Gasteiger partial charge is 0.485 e. The van der Waals surface area contributed by atoms with Crippen LogP contribution in [0.4, 0.5) is 13.2 Å². The van der Waals surface area contributed by atoms with Crippen LogP contribution in [0.1, 0.15) is 22.5 Å². The lowest BCUT2D eigenvalue weighted by Crippen LogP contribution is -2.13. The summed E-state index contributed by atoms with van der Waals surface area (Å²) >= 11 is 0. The number of ether oxygens (including phenoxy) is 1. The molecule has 0 fully saturated rings. The van der Waals surface area contributed by atoms with Crippen LogP contribution in [0.15, 0.2) is 42.6 Å². The molecule has 0 radical (unpaired) electrons. The lowest BCUT2D eigenvalue weighted by Gasteiger charge is -2.12. The van der Waals surface area contributed by atoms with Crippen molar-refractivity contribution in [3.63, 3.8) is 0 Å². The van der Waals surface area contributed by atoms with Gasteiger partial charge in [0.1, 0.15) is 6.61 Å². The molecule has 1 aromatic carbocycles. The van der Waals surface area contributed by atoms with Crippen LogP contribution in [-0.4, -0.2) is 28.4 Å². The summed E-state index contributed by atoms with van der Waals surface area (Å²) in [4.78, 5) is 6.61. The zero-order chi connectivity index (χ0) is 18.9. The SMILES string of the molecule is Cc1nc2c(OCc3cccc(C(F)(F)F)c3)cccn2c1CN(C)C. The van der Waals surface area contributed by atoms with Gasteiger partial charge >= 0.3 is 6.18 Å². The summed E-state index contributed by atoms with van der Waals surface area (Å²) in [7, 11) is 3.96. The highest BCUT2D eigenvalue weighted by Crippen LogP contribution is 2.30. The number of pyridine rings is 1. The van der Waals surface area contributed by atoms with E-state index >= 15 is 0 Å². The smallest absolute Gasteiger partial charge is 0.416 e. The maximum atomic E-state index is 12.8. The van der Waals surface area contributed by atoms with Crippen LogP contribution in [0.3, 0.4) is 0 Å². The van der Waals surface area contributed by atoms with Crippen molar-refractivity contribution in [2.24, 2.45) is 0 Å². The van der Waals surface area contributed by atoms with Gasteiger partial charge in [-0.2, -0.15) is 13.2 Å². The van der Waals surface area contributed by atoms with E-state index in [4.69, 9.17) is 4.74 Å². The Balaban J connectivity index is 1.86. The highest BCUT2D eigenvalue weighted by Gasteiger charge is 2.30. The van der Waals surface area contributed by atoms with Gasteiger partial charge in [0.2, 0.25) is 0 Å². The van der Waals surface area contributed by atoms with Crippen LogP contribution in [0.2, 0.25) is 0 Å². The summed E-state index contributed by atoms with van der Waals surface area (Å²) in [5.41, 5.74) is 2.39. The second-order valence-corrected chi connectivity index (χ2v) is 6.43. The van der Waals surface area contributed by atoms with E-state index in [0.29, 0.717) is 17.0 Å². The molecule has 0 bridgehead atoms. The van der Waals surface area contributed by atoms with Crippen molar-refractivity contribution in [2.75, 3.05) is 14.1 Å². The van der Waals surface area contributed by atoms with Gasteiger partial charge in [-0.05, 0) is 50.8 Å². The molecule has 0 unspecified atom stereocenters. The van der Waals surface area contributed by atoms with E-state index in [0.717, 1.165) is 30.1 Å². The normalized spacial score (nSPS) is 12.1. The van der Waals surface area contributed by atoms with E-state index in [1.807, 2.05) is 42.6 Å².